The minimum Gasteiger partial charge on any atom is -0.500 e. The van der Waals surface area contributed by atoms with E-state index in [0.717, 1.165) is 18.4 Å². The number of carboxylic acid groups (broad SMARTS) is 1. The molecule has 0 bridgehead atoms. The van der Waals surface area contributed by atoms with E-state index in [1.165, 1.54) is 0 Å². The highest BCUT2D eigenvalue weighted by Gasteiger charge is 2.45. The lowest BCUT2D eigenvalue weighted by molar-refractivity contribution is -0.151. The molecule has 1 N–H and O–H groups in total. The zero-order chi connectivity index (χ0) is 19.6. The number of rotatable bonds is 6. The van der Waals surface area contributed by atoms with Crippen LogP contribution in [0.15, 0.2) is 24.0 Å². The Morgan fingerprint density at radius 3 is 2.63 bits per heavy atom. The summed E-state index contributed by atoms with van der Waals surface area (Å²) in [6.07, 6.45) is 2.29. The van der Waals surface area contributed by atoms with Crippen molar-refractivity contribution in [3.8, 4) is 0 Å². The van der Waals surface area contributed by atoms with Gasteiger partial charge in [0.25, 0.3) is 0 Å². The van der Waals surface area contributed by atoms with Gasteiger partial charge in [0.1, 0.15) is 23.5 Å². The van der Waals surface area contributed by atoms with Crippen LogP contribution < -0.4 is 0 Å². The first-order valence-electron chi connectivity index (χ1n) is 8.73. The van der Waals surface area contributed by atoms with Crippen molar-refractivity contribution < 1.29 is 37.7 Å². The van der Waals surface area contributed by atoms with Crippen molar-refractivity contribution in [2.45, 2.75) is 37.9 Å². The average molecular weight is 382 g/mol. The molecule has 8 heteroatoms. The molecule has 1 saturated carbocycles. The van der Waals surface area contributed by atoms with Crippen LogP contribution >= 0.6 is 0 Å². The van der Waals surface area contributed by atoms with E-state index in [9.17, 15) is 18.4 Å². The highest BCUT2D eigenvalue weighted by atomic mass is 19.1. The maximum absolute atomic E-state index is 14.6. The maximum atomic E-state index is 14.6. The molecule has 2 fully saturated rings. The van der Waals surface area contributed by atoms with Crippen LogP contribution in [0.2, 0.25) is 0 Å². The molecule has 6 nitrogen and oxygen atoms in total. The fraction of sp³-hybridized carbons (Fsp3) is 0.474. The van der Waals surface area contributed by atoms with Crippen LogP contribution in [0.25, 0.3) is 0 Å². The Morgan fingerprint density at radius 2 is 2.00 bits per heavy atom. The lowest BCUT2D eigenvalue weighted by Gasteiger charge is -2.21. The molecule has 0 aromatic heterocycles. The van der Waals surface area contributed by atoms with Crippen LogP contribution in [-0.2, 0) is 19.0 Å². The van der Waals surface area contributed by atoms with Gasteiger partial charge in [-0.2, -0.15) is 0 Å². The number of carboxylic acids is 1. The number of Topliss-reactive ketones (excluding diaryl/α,β-unsaturated/α-hetero) is 1. The first kappa shape index (κ1) is 19.4. The van der Waals surface area contributed by atoms with Gasteiger partial charge in [0.2, 0.25) is 5.78 Å². The molecule has 1 aromatic carbocycles. The SMILES string of the molecule is CCO/C=C(\C(=O)O)C(=O)c1cc(F)c(C2CCC3(C2)OCCO3)cc1F. The third-order valence-electron chi connectivity index (χ3n) is 4.86. The van der Waals surface area contributed by atoms with Crippen LogP contribution in [-0.4, -0.2) is 42.5 Å². The number of ketones is 1. The van der Waals surface area contributed by atoms with Crippen LogP contribution in [0.4, 0.5) is 8.78 Å². The first-order valence-corrected chi connectivity index (χ1v) is 8.73. The molecule has 1 spiro atoms. The Bertz CT molecular complexity index is 783. The van der Waals surface area contributed by atoms with Crippen molar-refractivity contribution in [3.63, 3.8) is 0 Å². The molecule has 146 valence electrons. The second-order valence-electron chi connectivity index (χ2n) is 6.52. The molecule has 1 aliphatic carbocycles. The predicted octanol–water partition coefficient (Wildman–Crippen LogP) is 3.16. The highest BCUT2D eigenvalue weighted by Crippen LogP contribution is 2.46. The molecule has 0 amide bonds. The minimum absolute atomic E-state index is 0.130. The molecular weight excluding hydrogens is 362 g/mol. The summed E-state index contributed by atoms with van der Waals surface area (Å²) in [7, 11) is 0. The van der Waals surface area contributed by atoms with Crippen molar-refractivity contribution in [2.24, 2.45) is 0 Å². The van der Waals surface area contributed by atoms with E-state index in [0.29, 0.717) is 32.5 Å². The molecule has 1 aromatic rings. The van der Waals surface area contributed by atoms with Gasteiger partial charge in [0, 0.05) is 12.8 Å². The highest BCUT2D eigenvalue weighted by molar-refractivity contribution is 6.23. The summed E-state index contributed by atoms with van der Waals surface area (Å²) < 4.78 is 45.2. The number of carbonyl (C=O) groups is 2. The van der Waals surface area contributed by atoms with Crippen LogP contribution in [0.5, 0.6) is 0 Å². The van der Waals surface area contributed by atoms with Crippen molar-refractivity contribution in [1.29, 1.82) is 0 Å². The third-order valence-corrected chi connectivity index (χ3v) is 4.86. The fourth-order valence-corrected chi connectivity index (χ4v) is 3.56. The fourth-order valence-electron chi connectivity index (χ4n) is 3.56. The van der Waals surface area contributed by atoms with E-state index in [1.54, 1.807) is 6.92 Å². The number of hydrogen-bond acceptors (Lipinski definition) is 5. The quantitative estimate of drug-likeness (QED) is 0.268. The molecule has 3 rings (SSSR count). The summed E-state index contributed by atoms with van der Waals surface area (Å²) >= 11 is 0. The summed E-state index contributed by atoms with van der Waals surface area (Å²) in [6, 6.07) is 1.71. The number of hydrogen-bond donors (Lipinski definition) is 1. The summed E-state index contributed by atoms with van der Waals surface area (Å²) in [5.41, 5.74) is -1.29. The van der Waals surface area contributed by atoms with Gasteiger partial charge < -0.3 is 19.3 Å². The molecule has 1 heterocycles. The Hall–Kier alpha value is -2.32. The van der Waals surface area contributed by atoms with Crippen LogP contribution in [0, 0.1) is 11.6 Å². The van der Waals surface area contributed by atoms with Crippen LogP contribution in [0.1, 0.15) is 48.0 Å². The molecule has 1 aliphatic heterocycles. The molecule has 2 aliphatic rings. The van der Waals surface area contributed by atoms with Gasteiger partial charge in [-0.3, -0.25) is 4.79 Å². The largest absolute Gasteiger partial charge is 0.500 e. The van der Waals surface area contributed by atoms with Gasteiger partial charge in [-0.25, -0.2) is 13.6 Å². The average Bonchev–Trinajstić information content (AvgIpc) is 3.26. The molecule has 0 radical (unpaired) electrons. The van der Waals surface area contributed by atoms with E-state index in [4.69, 9.17) is 19.3 Å². The van der Waals surface area contributed by atoms with Crippen molar-refractivity contribution >= 4 is 11.8 Å². The lowest BCUT2D eigenvalue weighted by atomic mass is 9.93. The number of benzene rings is 1. The number of ether oxygens (including phenoxy) is 3. The summed E-state index contributed by atoms with van der Waals surface area (Å²) in [6.45, 7) is 2.68. The Kier molecular flexibility index (Phi) is 5.57. The minimum atomic E-state index is -1.58. The molecule has 1 unspecified atom stereocenters. The van der Waals surface area contributed by atoms with Gasteiger partial charge in [0.05, 0.1) is 25.4 Å². The van der Waals surface area contributed by atoms with E-state index in [-0.39, 0.29) is 18.1 Å². The summed E-state index contributed by atoms with van der Waals surface area (Å²) in [5, 5.41) is 9.12. The van der Waals surface area contributed by atoms with E-state index in [2.05, 4.69) is 0 Å². The Morgan fingerprint density at radius 1 is 1.30 bits per heavy atom. The standard InChI is InChI=1S/C19H20F2O6/c1-2-25-10-14(18(23)24)17(22)13-8-15(20)12(7-16(13)21)11-3-4-19(9-11)26-5-6-27-19/h7-8,10-11H,2-6,9H2,1H3,(H,23,24)/b14-10-. The normalized spacial score (nSPS) is 21.6. The Balaban J connectivity index is 1.87. The van der Waals surface area contributed by atoms with Gasteiger partial charge in [-0.05, 0) is 37.0 Å². The van der Waals surface area contributed by atoms with Gasteiger partial charge in [-0.1, -0.05) is 0 Å². The van der Waals surface area contributed by atoms with Crippen LogP contribution in [0.3, 0.4) is 0 Å². The summed E-state index contributed by atoms with van der Waals surface area (Å²) in [4.78, 5) is 23.5. The maximum Gasteiger partial charge on any atom is 0.342 e. The first-order chi connectivity index (χ1) is 12.9. The lowest BCUT2D eigenvalue weighted by Crippen LogP contribution is -2.25. The number of halogens is 2. The second kappa shape index (κ2) is 7.74. The van der Waals surface area contributed by atoms with Gasteiger partial charge in [-0.15, -0.1) is 0 Å². The zero-order valence-corrected chi connectivity index (χ0v) is 14.8. The number of aliphatic carboxylic acids is 1. The van der Waals surface area contributed by atoms with E-state index in [1.807, 2.05) is 0 Å². The van der Waals surface area contributed by atoms with Crippen molar-refractivity contribution in [3.05, 3.63) is 46.7 Å². The predicted molar refractivity (Wildman–Crippen MR) is 89.3 cm³/mol. The second-order valence-corrected chi connectivity index (χ2v) is 6.52. The molecular formula is C19H20F2O6. The topological polar surface area (TPSA) is 82.1 Å². The monoisotopic (exact) mass is 382 g/mol. The molecule has 1 saturated heterocycles. The molecule has 1 atom stereocenters. The smallest absolute Gasteiger partial charge is 0.342 e. The van der Waals surface area contributed by atoms with E-state index < -0.39 is 40.3 Å². The van der Waals surface area contributed by atoms with E-state index >= 15 is 0 Å². The zero-order valence-electron chi connectivity index (χ0n) is 14.8. The third kappa shape index (κ3) is 3.86. The molecule has 27 heavy (non-hydrogen) atoms. The van der Waals surface area contributed by atoms with Gasteiger partial charge in [0.15, 0.2) is 5.79 Å². The van der Waals surface area contributed by atoms with Crippen molar-refractivity contribution in [2.75, 3.05) is 19.8 Å². The van der Waals surface area contributed by atoms with Gasteiger partial charge >= 0.3 is 5.97 Å². The number of carbonyl (C=O) groups excluding carboxylic acids is 1. The van der Waals surface area contributed by atoms with Crippen molar-refractivity contribution in [1.82, 2.24) is 0 Å². The summed E-state index contributed by atoms with van der Waals surface area (Å²) in [5.74, 6) is -5.51. The Labute approximate surface area is 154 Å².